The van der Waals surface area contributed by atoms with E-state index in [4.69, 9.17) is 4.74 Å². The van der Waals surface area contributed by atoms with E-state index in [1.807, 2.05) is 0 Å². The van der Waals surface area contributed by atoms with E-state index in [0.29, 0.717) is 29.1 Å². The molecule has 2 fully saturated rings. The van der Waals surface area contributed by atoms with E-state index in [-0.39, 0.29) is 17.5 Å². The van der Waals surface area contributed by atoms with Crippen LogP contribution in [-0.2, 0) is 9.53 Å². The van der Waals surface area contributed by atoms with Gasteiger partial charge in [-0.15, -0.1) is 0 Å². The SMILES string of the molecule is CC(=O)O[C@H]1CC[C@@]2(C)C(=CC=C3C2=CC[C@]2(C)[C@@H]([C@H](C)/C=C/[C@H](C)C(C)C)CC[C@@H]32)C1. The van der Waals surface area contributed by atoms with Gasteiger partial charge in [0.2, 0.25) is 0 Å². The Bertz CT molecular complexity index is 871. The maximum absolute atomic E-state index is 11.5. The molecular formula is C30H44O2. The van der Waals surface area contributed by atoms with Crippen LogP contribution in [0.15, 0.2) is 47.1 Å². The Balaban J connectivity index is 1.57. The predicted molar refractivity (Wildman–Crippen MR) is 133 cm³/mol. The van der Waals surface area contributed by atoms with Crippen molar-refractivity contribution in [3.63, 3.8) is 0 Å². The van der Waals surface area contributed by atoms with Crippen LogP contribution in [0, 0.1) is 40.4 Å². The lowest BCUT2D eigenvalue weighted by Crippen LogP contribution is -2.41. The molecule has 0 aliphatic heterocycles. The fourth-order valence-electron chi connectivity index (χ4n) is 7.28. The highest BCUT2D eigenvalue weighted by Gasteiger charge is 2.54. The first-order valence-electron chi connectivity index (χ1n) is 13.0. The minimum Gasteiger partial charge on any atom is -0.462 e. The molecule has 0 N–H and O–H groups in total. The van der Waals surface area contributed by atoms with Crippen LogP contribution >= 0.6 is 0 Å². The Kier molecular flexibility index (Phi) is 6.38. The highest BCUT2D eigenvalue weighted by atomic mass is 16.5. The summed E-state index contributed by atoms with van der Waals surface area (Å²) in [6.07, 6.45) is 19.2. The van der Waals surface area contributed by atoms with Crippen molar-refractivity contribution in [3.05, 3.63) is 47.1 Å². The van der Waals surface area contributed by atoms with Gasteiger partial charge in [0.05, 0.1) is 0 Å². The summed E-state index contributed by atoms with van der Waals surface area (Å²) < 4.78 is 5.58. The van der Waals surface area contributed by atoms with E-state index in [2.05, 4.69) is 71.9 Å². The van der Waals surface area contributed by atoms with E-state index in [9.17, 15) is 4.79 Å². The van der Waals surface area contributed by atoms with Gasteiger partial charge in [0, 0.05) is 18.8 Å². The molecule has 0 radical (unpaired) electrons. The number of allylic oxidation sites excluding steroid dienone is 7. The van der Waals surface area contributed by atoms with Crippen LogP contribution in [0.3, 0.4) is 0 Å². The lowest BCUT2D eigenvalue weighted by atomic mass is 9.54. The van der Waals surface area contributed by atoms with E-state index >= 15 is 0 Å². The molecule has 0 aromatic rings. The zero-order valence-electron chi connectivity index (χ0n) is 21.4. The van der Waals surface area contributed by atoms with Gasteiger partial charge in [-0.2, -0.15) is 0 Å². The normalized spacial score (nSPS) is 38.2. The second kappa shape index (κ2) is 8.65. The molecular weight excluding hydrogens is 392 g/mol. The highest BCUT2D eigenvalue weighted by molar-refractivity contribution is 5.66. The van der Waals surface area contributed by atoms with Crippen molar-refractivity contribution in [1.29, 1.82) is 0 Å². The summed E-state index contributed by atoms with van der Waals surface area (Å²) in [6, 6.07) is 0. The molecule has 176 valence electrons. The second-order valence-electron chi connectivity index (χ2n) is 12.0. The molecule has 0 aromatic heterocycles. The van der Waals surface area contributed by atoms with Crippen molar-refractivity contribution in [2.75, 3.05) is 0 Å². The molecule has 4 rings (SSSR count). The van der Waals surface area contributed by atoms with Crippen LogP contribution in [-0.4, -0.2) is 12.1 Å². The summed E-state index contributed by atoms with van der Waals surface area (Å²) in [6.45, 7) is 16.0. The first kappa shape index (κ1) is 23.6. The minimum atomic E-state index is -0.151. The number of hydrogen-bond acceptors (Lipinski definition) is 2. The first-order chi connectivity index (χ1) is 15.1. The summed E-state index contributed by atoms with van der Waals surface area (Å²) in [4.78, 5) is 11.5. The Hall–Kier alpha value is -1.57. The van der Waals surface area contributed by atoms with Crippen molar-refractivity contribution in [1.82, 2.24) is 0 Å². The quantitative estimate of drug-likeness (QED) is 0.324. The summed E-state index contributed by atoms with van der Waals surface area (Å²) in [5, 5.41) is 0. The van der Waals surface area contributed by atoms with Crippen LogP contribution < -0.4 is 0 Å². The number of ether oxygens (including phenoxy) is 1. The van der Waals surface area contributed by atoms with Gasteiger partial charge in [-0.3, -0.25) is 4.79 Å². The molecule has 0 aromatic carbocycles. The predicted octanol–water partition coefficient (Wildman–Crippen LogP) is 7.82. The van der Waals surface area contributed by atoms with Gasteiger partial charge in [0.1, 0.15) is 6.10 Å². The van der Waals surface area contributed by atoms with Gasteiger partial charge in [-0.1, -0.05) is 77.5 Å². The van der Waals surface area contributed by atoms with Crippen molar-refractivity contribution < 1.29 is 9.53 Å². The number of carbonyl (C=O) groups excluding carboxylic acids is 1. The molecule has 2 heteroatoms. The second-order valence-corrected chi connectivity index (χ2v) is 12.0. The van der Waals surface area contributed by atoms with Crippen molar-refractivity contribution in [3.8, 4) is 0 Å². The summed E-state index contributed by atoms with van der Waals surface area (Å²) in [5.74, 6) is 3.25. The minimum absolute atomic E-state index is 0.0490. The third-order valence-electron chi connectivity index (χ3n) is 9.76. The zero-order valence-corrected chi connectivity index (χ0v) is 21.4. The monoisotopic (exact) mass is 436 g/mol. The van der Waals surface area contributed by atoms with E-state index in [1.165, 1.54) is 31.8 Å². The largest absolute Gasteiger partial charge is 0.462 e. The van der Waals surface area contributed by atoms with E-state index < -0.39 is 0 Å². The molecule has 0 amide bonds. The van der Waals surface area contributed by atoms with Gasteiger partial charge >= 0.3 is 5.97 Å². The average molecular weight is 437 g/mol. The molecule has 0 spiro atoms. The smallest absolute Gasteiger partial charge is 0.302 e. The molecule has 0 bridgehead atoms. The van der Waals surface area contributed by atoms with Gasteiger partial charge in [0.25, 0.3) is 0 Å². The third-order valence-corrected chi connectivity index (χ3v) is 9.76. The van der Waals surface area contributed by atoms with Crippen LogP contribution in [0.4, 0.5) is 0 Å². The molecule has 32 heavy (non-hydrogen) atoms. The zero-order chi connectivity index (χ0) is 23.3. The summed E-state index contributed by atoms with van der Waals surface area (Å²) in [5.41, 5.74) is 5.15. The summed E-state index contributed by atoms with van der Waals surface area (Å²) in [7, 11) is 0. The fourth-order valence-corrected chi connectivity index (χ4v) is 7.28. The lowest BCUT2D eigenvalue weighted by Gasteiger charge is -2.50. The van der Waals surface area contributed by atoms with Gasteiger partial charge in [-0.05, 0) is 78.3 Å². The standard InChI is InChI=1S/C30H44O2/c1-19(2)20(3)8-9-21(4)26-12-13-27-25-11-10-23-18-24(32-22(5)31)14-16-29(23,6)28(25)15-17-30(26,27)7/h8-11,15,19-21,24,26-27H,12-14,16-18H2,1-7H3/b9-8+/t20-,21+,24-,26+,27-,29-,30+/m0/s1. The van der Waals surface area contributed by atoms with Crippen molar-refractivity contribution in [2.24, 2.45) is 40.4 Å². The third kappa shape index (κ3) is 3.97. The summed E-state index contributed by atoms with van der Waals surface area (Å²) >= 11 is 0. The molecule has 4 aliphatic rings. The lowest BCUT2D eigenvalue weighted by molar-refractivity contribution is -0.147. The average Bonchev–Trinajstić information content (AvgIpc) is 3.08. The highest BCUT2D eigenvalue weighted by Crippen LogP contribution is 2.64. The first-order valence-corrected chi connectivity index (χ1v) is 13.0. The molecule has 0 unspecified atom stereocenters. The maximum Gasteiger partial charge on any atom is 0.302 e. The maximum atomic E-state index is 11.5. The van der Waals surface area contributed by atoms with Crippen LogP contribution in [0.1, 0.15) is 87.0 Å². The number of fused-ring (bicyclic) bond motifs is 5. The fraction of sp³-hybridized carbons (Fsp3) is 0.700. The topological polar surface area (TPSA) is 26.3 Å². The Morgan fingerprint density at radius 2 is 1.84 bits per heavy atom. The van der Waals surface area contributed by atoms with Gasteiger partial charge < -0.3 is 4.74 Å². The van der Waals surface area contributed by atoms with Crippen molar-refractivity contribution >= 4 is 5.97 Å². The van der Waals surface area contributed by atoms with Crippen LogP contribution in [0.25, 0.3) is 0 Å². The van der Waals surface area contributed by atoms with E-state index in [0.717, 1.165) is 25.2 Å². The van der Waals surface area contributed by atoms with Crippen LogP contribution in [0.2, 0.25) is 0 Å². The number of hydrogen-bond donors (Lipinski definition) is 0. The van der Waals surface area contributed by atoms with Crippen molar-refractivity contribution in [2.45, 2.75) is 93.1 Å². The number of rotatable bonds is 5. The Morgan fingerprint density at radius 3 is 2.53 bits per heavy atom. The molecule has 0 saturated heterocycles. The number of carbonyl (C=O) groups is 1. The molecule has 0 heterocycles. The van der Waals surface area contributed by atoms with E-state index in [1.54, 1.807) is 11.1 Å². The molecule has 4 aliphatic carbocycles. The van der Waals surface area contributed by atoms with Crippen LogP contribution in [0.5, 0.6) is 0 Å². The molecule has 2 saturated carbocycles. The Morgan fingerprint density at radius 1 is 1.09 bits per heavy atom. The molecule has 2 nitrogen and oxygen atoms in total. The molecule has 7 atom stereocenters. The number of esters is 1. The van der Waals surface area contributed by atoms with Gasteiger partial charge in [0.15, 0.2) is 0 Å². The Labute approximate surface area is 196 Å². The van der Waals surface area contributed by atoms with Gasteiger partial charge in [-0.25, -0.2) is 0 Å².